The predicted molar refractivity (Wildman–Crippen MR) is 50.3 cm³/mol. The molecule has 0 fully saturated rings. The van der Waals surface area contributed by atoms with Gasteiger partial charge in [0.05, 0.1) is 11.5 Å². The van der Waals surface area contributed by atoms with Crippen molar-refractivity contribution in [3.05, 3.63) is 23.8 Å². The second-order valence-electron chi connectivity index (χ2n) is 2.81. The molecule has 0 bridgehead atoms. The fourth-order valence-electron chi connectivity index (χ4n) is 1.09. The second kappa shape index (κ2) is 5.86. The predicted octanol–water partition coefficient (Wildman–Crippen LogP) is -1.70. The van der Waals surface area contributed by atoms with Gasteiger partial charge in [-0.1, -0.05) is 0 Å². The molecule has 78 valence electrons. The molecule has 0 aliphatic carbocycles. The van der Waals surface area contributed by atoms with Gasteiger partial charge in [-0.05, 0) is 37.6 Å². The van der Waals surface area contributed by atoms with Crippen molar-refractivity contribution < 1.29 is 47.3 Å². The Balaban J connectivity index is 0.00000196. The van der Waals surface area contributed by atoms with Crippen LogP contribution in [0.25, 0.3) is 0 Å². The average Bonchev–Trinajstić information content (AvgIpc) is 2.07. The molecule has 1 aromatic carbocycles. The Hall–Kier alpha value is -0.0700. The van der Waals surface area contributed by atoms with Gasteiger partial charge in [-0.3, -0.25) is 0 Å². The normalized spacial score (nSPS) is 10.6. The van der Waals surface area contributed by atoms with Crippen molar-refractivity contribution in [2.75, 3.05) is 6.61 Å². The van der Waals surface area contributed by atoms with Crippen molar-refractivity contribution in [2.45, 2.75) is 18.7 Å². The van der Waals surface area contributed by atoms with Crippen molar-refractivity contribution in [2.24, 2.45) is 0 Å². The van der Waals surface area contributed by atoms with Crippen LogP contribution in [0.2, 0.25) is 0 Å². The number of aryl methyl sites for hydroxylation is 1. The number of benzene rings is 1. The zero-order valence-corrected chi connectivity index (χ0v) is 11.8. The molecule has 0 aliphatic rings. The Morgan fingerprint density at radius 2 is 2.00 bits per heavy atom. The fourth-order valence-corrected chi connectivity index (χ4v) is 1.65. The minimum Gasteiger partial charge on any atom is -0.744 e. The molecule has 1 rings (SSSR count). The van der Waals surface area contributed by atoms with Crippen LogP contribution in [0.3, 0.4) is 0 Å². The van der Waals surface area contributed by atoms with E-state index in [1.165, 1.54) is 18.2 Å². The Bertz CT molecular complexity index is 428. The largest absolute Gasteiger partial charge is 1.00 e. The van der Waals surface area contributed by atoms with Crippen LogP contribution in [0.15, 0.2) is 23.1 Å². The van der Waals surface area contributed by atoms with Gasteiger partial charge in [-0.15, -0.1) is 0 Å². The molecule has 0 amide bonds. The zero-order chi connectivity index (χ0) is 10.8. The van der Waals surface area contributed by atoms with Crippen LogP contribution in [0.4, 0.5) is 0 Å². The van der Waals surface area contributed by atoms with E-state index in [1.54, 1.807) is 6.92 Å². The van der Waals surface area contributed by atoms with Crippen molar-refractivity contribution >= 4 is 10.1 Å². The van der Waals surface area contributed by atoms with Crippen LogP contribution >= 0.6 is 0 Å². The summed E-state index contributed by atoms with van der Waals surface area (Å²) in [4.78, 5) is -0.224. The summed E-state index contributed by atoms with van der Waals surface area (Å²) >= 11 is 0. The molecule has 0 atom stereocenters. The SMILES string of the molecule is CCOc1ccc(S(=O)(=O)[O-])cc1C.[Na+]. The van der Waals surface area contributed by atoms with E-state index >= 15 is 0 Å². The molecule has 0 aromatic heterocycles. The topological polar surface area (TPSA) is 66.4 Å². The van der Waals surface area contributed by atoms with Gasteiger partial charge in [0, 0.05) is 0 Å². The average molecular weight is 238 g/mol. The summed E-state index contributed by atoms with van der Waals surface area (Å²) in [7, 11) is -4.36. The standard InChI is InChI=1S/C9H12O4S.Na/c1-3-13-9-5-4-8(6-7(9)2)14(10,11)12;/h4-6H,3H2,1-2H3,(H,10,11,12);/q;+1/p-1. The Morgan fingerprint density at radius 3 is 2.40 bits per heavy atom. The number of ether oxygens (including phenoxy) is 1. The van der Waals surface area contributed by atoms with Crippen molar-refractivity contribution in [1.82, 2.24) is 0 Å². The summed E-state index contributed by atoms with van der Waals surface area (Å²) in [5.41, 5.74) is 0.642. The molecule has 1 aromatic rings. The molecule has 6 heteroatoms. The zero-order valence-electron chi connectivity index (χ0n) is 8.98. The van der Waals surface area contributed by atoms with Gasteiger partial charge in [0.2, 0.25) is 0 Å². The molecule has 0 radical (unpaired) electrons. The summed E-state index contributed by atoms with van der Waals surface area (Å²) in [6, 6.07) is 4.05. The summed E-state index contributed by atoms with van der Waals surface area (Å²) in [6.07, 6.45) is 0. The fraction of sp³-hybridized carbons (Fsp3) is 0.333. The molecule has 4 nitrogen and oxygen atoms in total. The Kier molecular flexibility index (Phi) is 5.84. The first-order chi connectivity index (χ1) is 6.45. The second-order valence-corrected chi connectivity index (χ2v) is 4.19. The summed E-state index contributed by atoms with van der Waals surface area (Å²) in [5.74, 6) is 0.597. The van der Waals surface area contributed by atoms with Crippen molar-refractivity contribution in [3.63, 3.8) is 0 Å². The van der Waals surface area contributed by atoms with Gasteiger partial charge >= 0.3 is 29.6 Å². The number of hydrogen-bond donors (Lipinski definition) is 0. The first-order valence-electron chi connectivity index (χ1n) is 4.14. The third-order valence-corrected chi connectivity index (χ3v) is 2.57. The minimum absolute atomic E-state index is 0. The van der Waals surface area contributed by atoms with Gasteiger partial charge < -0.3 is 9.29 Å². The number of hydrogen-bond acceptors (Lipinski definition) is 4. The maximum absolute atomic E-state index is 10.7. The van der Waals surface area contributed by atoms with Crippen LogP contribution in [0.5, 0.6) is 5.75 Å². The van der Waals surface area contributed by atoms with Crippen molar-refractivity contribution in [1.29, 1.82) is 0 Å². The van der Waals surface area contributed by atoms with E-state index in [9.17, 15) is 13.0 Å². The molecule has 0 saturated heterocycles. The minimum atomic E-state index is -4.36. The molecule has 0 heterocycles. The summed E-state index contributed by atoms with van der Waals surface area (Å²) in [5, 5.41) is 0. The third kappa shape index (κ3) is 4.12. The van der Waals surface area contributed by atoms with Crippen molar-refractivity contribution in [3.8, 4) is 5.75 Å². The monoisotopic (exact) mass is 238 g/mol. The number of rotatable bonds is 3. The summed E-state index contributed by atoms with van der Waals surface area (Å²) in [6.45, 7) is 4.03. The van der Waals surface area contributed by atoms with Gasteiger partial charge in [0.1, 0.15) is 15.9 Å². The first-order valence-corrected chi connectivity index (χ1v) is 5.55. The van der Waals surface area contributed by atoms with E-state index < -0.39 is 10.1 Å². The Morgan fingerprint density at radius 1 is 1.40 bits per heavy atom. The van der Waals surface area contributed by atoms with Crippen LogP contribution in [0.1, 0.15) is 12.5 Å². The van der Waals surface area contributed by atoms with Crippen LogP contribution < -0.4 is 34.3 Å². The molecule has 0 saturated carbocycles. The molecule has 0 aliphatic heterocycles. The smallest absolute Gasteiger partial charge is 0.744 e. The maximum atomic E-state index is 10.7. The van der Waals surface area contributed by atoms with E-state index in [0.29, 0.717) is 17.9 Å². The molecular weight excluding hydrogens is 227 g/mol. The quantitative estimate of drug-likeness (QED) is 0.465. The van der Waals surface area contributed by atoms with E-state index in [2.05, 4.69) is 0 Å². The molecule has 15 heavy (non-hydrogen) atoms. The van der Waals surface area contributed by atoms with Gasteiger partial charge in [-0.25, -0.2) is 8.42 Å². The van der Waals surface area contributed by atoms with E-state index in [-0.39, 0.29) is 34.5 Å². The van der Waals surface area contributed by atoms with E-state index in [1.807, 2.05) is 6.92 Å². The van der Waals surface area contributed by atoms with Gasteiger partial charge in [0.15, 0.2) is 0 Å². The van der Waals surface area contributed by atoms with Gasteiger partial charge in [0.25, 0.3) is 0 Å². The van der Waals surface area contributed by atoms with Crippen LogP contribution in [-0.4, -0.2) is 19.6 Å². The molecular formula is C9H11NaO4S. The molecule has 0 N–H and O–H groups in total. The molecule has 0 unspecified atom stereocenters. The van der Waals surface area contributed by atoms with E-state index in [0.717, 1.165) is 0 Å². The first kappa shape index (κ1) is 14.9. The van der Waals surface area contributed by atoms with Gasteiger partial charge in [-0.2, -0.15) is 0 Å². The summed E-state index contributed by atoms with van der Waals surface area (Å²) < 4.78 is 37.2. The van der Waals surface area contributed by atoms with E-state index in [4.69, 9.17) is 4.74 Å². The maximum Gasteiger partial charge on any atom is 1.00 e. The Labute approximate surface area is 112 Å². The van der Waals surface area contributed by atoms with Crippen LogP contribution in [-0.2, 0) is 10.1 Å². The third-order valence-electron chi connectivity index (χ3n) is 1.73. The molecule has 0 spiro atoms. The van der Waals surface area contributed by atoms with Crippen LogP contribution in [0, 0.1) is 6.92 Å².